The molecule has 0 unspecified atom stereocenters. The predicted octanol–water partition coefficient (Wildman–Crippen LogP) is 0.542. The molecule has 0 bridgehead atoms. The van der Waals surface area contributed by atoms with Gasteiger partial charge in [-0.2, -0.15) is 11.8 Å². The molecule has 0 aromatic carbocycles. The molecule has 0 saturated heterocycles. The van der Waals surface area contributed by atoms with Gasteiger partial charge in [-0.25, -0.2) is 0 Å². The molecule has 3 N–H and O–H groups in total. The summed E-state index contributed by atoms with van der Waals surface area (Å²) >= 11 is 1.71. The molecule has 0 aliphatic rings. The van der Waals surface area contributed by atoms with Crippen LogP contribution in [0.25, 0.3) is 0 Å². The fourth-order valence-corrected chi connectivity index (χ4v) is 1.19. The van der Waals surface area contributed by atoms with Gasteiger partial charge in [0, 0.05) is 0 Å². The first-order chi connectivity index (χ1) is 4.68. The minimum Gasteiger partial charge on any atom is -0.480 e. The highest BCUT2D eigenvalue weighted by Crippen LogP contribution is 2.02. The third-order valence-corrected chi connectivity index (χ3v) is 2.03. The summed E-state index contributed by atoms with van der Waals surface area (Å²) in [6.07, 6.45) is 0.563. The molecule has 0 amide bonds. The first kappa shape index (κ1) is 9.78. The van der Waals surface area contributed by atoms with Gasteiger partial charge in [0.25, 0.3) is 0 Å². The number of carboxylic acids is 1. The molecule has 1 atom stereocenters. The normalized spacial score (nSPS) is 13.0. The van der Waals surface area contributed by atoms with E-state index in [0.717, 1.165) is 11.5 Å². The summed E-state index contributed by atoms with van der Waals surface area (Å²) in [5, 5.41) is 8.35. The second-order valence-electron chi connectivity index (χ2n) is 1.93. The van der Waals surface area contributed by atoms with E-state index in [1.807, 2.05) is 6.92 Å². The van der Waals surface area contributed by atoms with E-state index in [1.165, 1.54) is 0 Å². The summed E-state index contributed by atoms with van der Waals surface area (Å²) in [5.41, 5.74) is 5.24. The Morgan fingerprint density at radius 3 is 2.80 bits per heavy atom. The SMILES string of the molecule is CC[35S]CC[C@H](N)C(=O)O. The Balaban J connectivity index is 3.21. The van der Waals surface area contributed by atoms with Crippen molar-refractivity contribution in [1.82, 2.24) is 0 Å². The van der Waals surface area contributed by atoms with Gasteiger partial charge in [-0.15, -0.1) is 0 Å². The zero-order valence-electron chi connectivity index (χ0n) is 6.04. The van der Waals surface area contributed by atoms with Gasteiger partial charge in [0.2, 0.25) is 0 Å². The van der Waals surface area contributed by atoms with Crippen molar-refractivity contribution in [2.75, 3.05) is 11.5 Å². The van der Waals surface area contributed by atoms with Crippen LogP contribution in [0.5, 0.6) is 0 Å². The summed E-state index contributed by atoms with van der Waals surface area (Å²) in [7, 11) is 0. The average Bonchev–Trinajstić information content (AvgIpc) is 1.88. The Morgan fingerprint density at radius 1 is 1.80 bits per heavy atom. The lowest BCUT2D eigenvalue weighted by Gasteiger charge is -2.03. The standard InChI is InChI=1S/C6H13NO2S/c1-2-10-4-3-5(7)6(8)9/h5H,2-4,7H2,1H3,(H,8,9)/t5-/m0/s1/i10+3. The van der Waals surface area contributed by atoms with Crippen LogP contribution in [0, 0.1) is 0 Å². The molecule has 4 heteroatoms. The molecule has 0 aromatic rings. The molecular weight excluding hydrogens is 153 g/mol. The van der Waals surface area contributed by atoms with Crippen LogP contribution >= 0.6 is 11.8 Å². The highest BCUT2D eigenvalue weighted by Gasteiger charge is 2.09. The zero-order chi connectivity index (χ0) is 7.98. The molecule has 0 radical (unpaired) electrons. The number of aliphatic carboxylic acids is 1. The van der Waals surface area contributed by atoms with E-state index in [1.54, 1.807) is 11.8 Å². The Morgan fingerprint density at radius 2 is 2.40 bits per heavy atom. The fraction of sp³-hybridized carbons (Fsp3) is 0.833. The van der Waals surface area contributed by atoms with Crippen LogP contribution < -0.4 is 5.73 Å². The minimum absolute atomic E-state index is 0.563. The van der Waals surface area contributed by atoms with Crippen molar-refractivity contribution < 1.29 is 9.90 Å². The fourth-order valence-electron chi connectivity index (χ4n) is 0.478. The maximum absolute atomic E-state index is 10.2. The van der Waals surface area contributed by atoms with Gasteiger partial charge >= 0.3 is 5.97 Å². The van der Waals surface area contributed by atoms with Crippen LogP contribution in [0.1, 0.15) is 13.3 Å². The molecular formula is C6H13NO2S. The van der Waals surface area contributed by atoms with E-state index < -0.39 is 12.0 Å². The van der Waals surface area contributed by atoms with Gasteiger partial charge in [0.15, 0.2) is 0 Å². The van der Waals surface area contributed by atoms with E-state index >= 15 is 0 Å². The molecule has 0 rings (SSSR count). The van der Waals surface area contributed by atoms with Gasteiger partial charge in [0.05, 0.1) is 0 Å². The monoisotopic (exact) mass is 166 g/mol. The number of nitrogens with two attached hydrogens (primary N) is 1. The van der Waals surface area contributed by atoms with Crippen LogP contribution in [0.2, 0.25) is 0 Å². The van der Waals surface area contributed by atoms with E-state index in [0.29, 0.717) is 6.42 Å². The highest BCUT2D eigenvalue weighted by atomic mass is 35.1. The van der Waals surface area contributed by atoms with Crippen molar-refractivity contribution in [2.24, 2.45) is 5.73 Å². The lowest BCUT2D eigenvalue weighted by Crippen LogP contribution is -2.30. The van der Waals surface area contributed by atoms with Crippen molar-refractivity contribution in [2.45, 2.75) is 19.4 Å². The summed E-state index contributed by atoms with van der Waals surface area (Å²) in [6, 6.07) is -0.681. The number of hydrogen-bond acceptors (Lipinski definition) is 3. The predicted molar refractivity (Wildman–Crippen MR) is 43.2 cm³/mol. The van der Waals surface area contributed by atoms with Gasteiger partial charge in [0.1, 0.15) is 6.04 Å². The molecule has 0 spiro atoms. The molecule has 60 valence electrons. The van der Waals surface area contributed by atoms with Gasteiger partial charge in [-0.3, -0.25) is 4.79 Å². The average molecular weight is 166 g/mol. The second kappa shape index (κ2) is 5.56. The topological polar surface area (TPSA) is 63.3 Å². The van der Waals surface area contributed by atoms with Crippen molar-refractivity contribution in [3.63, 3.8) is 0 Å². The van der Waals surface area contributed by atoms with Crippen molar-refractivity contribution in [1.29, 1.82) is 0 Å². The van der Waals surface area contributed by atoms with Gasteiger partial charge in [-0.05, 0) is 17.9 Å². The Labute approximate surface area is 65.0 Å². The number of carboxylic acid groups (broad SMARTS) is 1. The number of hydrogen-bond donors (Lipinski definition) is 2. The Bertz CT molecular complexity index is 108. The third kappa shape index (κ3) is 4.64. The quantitative estimate of drug-likeness (QED) is 0.585. The first-order valence-corrected chi connectivity index (χ1v) is 4.40. The molecule has 0 fully saturated rings. The third-order valence-electron chi connectivity index (χ3n) is 1.09. The molecule has 0 saturated carbocycles. The van der Waals surface area contributed by atoms with E-state index in [9.17, 15) is 4.79 Å². The largest absolute Gasteiger partial charge is 0.480 e. The Hall–Kier alpha value is -0.220. The first-order valence-electron chi connectivity index (χ1n) is 3.24. The smallest absolute Gasteiger partial charge is 0.320 e. The summed E-state index contributed by atoms with van der Waals surface area (Å²) in [5.74, 6) is 0.952. The van der Waals surface area contributed by atoms with Gasteiger partial charge < -0.3 is 10.8 Å². The minimum atomic E-state index is -0.906. The number of rotatable bonds is 5. The molecule has 0 heterocycles. The molecule has 10 heavy (non-hydrogen) atoms. The lowest BCUT2D eigenvalue weighted by molar-refractivity contribution is -0.138. The zero-order valence-corrected chi connectivity index (χ0v) is 6.86. The molecule has 3 nitrogen and oxygen atoms in total. The van der Waals surface area contributed by atoms with Crippen LogP contribution in [0.4, 0.5) is 0 Å². The second-order valence-corrected chi connectivity index (χ2v) is 3.32. The maximum atomic E-state index is 10.2. The van der Waals surface area contributed by atoms with Crippen LogP contribution in [-0.2, 0) is 4.79 Å². The van der Waals surface area contributed by atoms with Crippen molar-refractivity contribution >= 4 is 17.7 Å². The van der Waals surface area contributed by atoms with Crippen LogP contribution in [0.3, 0.4) is 0 Å². The number of carbonyl (C=O) groups is 1. The summed E-state index contributed by atoms with van der Waals surface area (Å²) < 4.78 is 0. The summed E-state index contributed by atoms with van der Waals surface area (Å²) in [6.45, 7) is 2.04. The number of thioether (sulfide) groups is 1. The molecule has 0 aliphatic heterocycles. The summed E-state index contributed by atoms with van der Waals surface area (Å²) in [4.78, 5) is 10.2. The highest BCUT2D eigenvalue weighted by molar-refractivity contribution is 7.99. The van der Waals surface area contributed by atoms with E-state index in [4.69, 9.17) is 10.8 Å². The lowest BCUT2D eigenvalue weighted by atomic mass is 10.2. The van der Waals surface area contributed by atoms with Crippen LogP contribution in [-0.4, -0.2) is 28.6 Å². The maximum Gasteiger partial charge on any atom is 0.320 e. The van der Waals surface area contributed by atoms with E-state index in [2.05, 4.69) is 0 Å². The van der Waals surface area contributed by atoms with Crippen LogP contribution in [0.15, 0.2) is 0 Å². The van der Waals surface area contributed by atoms with Crippen molar-refractivity contribution in [3.05, 3.63) is 0 Å². The molecule has 0 aromatic heterocycles. The van der Waals surface area contributed by atoms with Crippen molar-refractivity contribution in [3.8, 4) is 0 Å². The Kier molecular flexibility index (Phi) is 5.43. The van der Waals surface area contributed by atoms with Gasteiger partial charge in [-0.1, -0.05) is 6.92 Å². The van der Waals surface area contributed by atoms with E-state index in [-0.39, 0.29) is 0 Å². The molecule has 0 aliphatic carbocycles.